The molecule has 11 heavy (non-hydrogen) atoms. The molecule has 0 bridgehead atoms. The van der Waals surface area contributed by atoms with Crippen molar-refractivity contribution in [3.8, 4) is 0 Å². The third kappa shape index (κ3) is 3.00. The van der Waals surface area contributed by atoms with Gasteiger partial charge in [-0.1, -0.05) is 0 Å². The fraction of sp³-hybridized carbons (Fsp3) is 0.500. The molecule has 0 aliphatic heterocycles. The predicted octanol–water partition coefficient (Wildman–Crippen LogP) is 4.06. The molecule has 0 fully saturated rings. The topological polar surface area (TPSA) is 0 Å². The summed E-state index contributed by atoms with van der Waals surface area (Å²) in [6.45, 7) is 11.4. The van der Waals surface area contributed by atoms with Gasteiger partial charge in [-0.2, -0.15) is 0 Å². The second-order valence-corrected chi connectivity index (χ2v) is 21.5. The summed E-state index contributed by atoms with van der Waals surface area (Å²) < 4.78 is 0.557. The van der Waals surface area contributed by atoms with Crippen molar-refractivity contribution < 1.29 is 0 Å². The van der Waals surface area contributed by atoms with Gasteiger partial charge in [-0.3, -0.25) is 0 Å². The van der Waals surface area contributed by atoms with E-state index in [1.165, 1.54) is 0 Å². The fourth-order valence-corrected chi connectivity index (χ4v) is 7.28. The first-order valence-electron chi connectivity index (χ1n) is 3.59. The van der Waals surface area contributed by atoms with Crippen molar-refractivity contribution in [3.05, 3.63) is 25.3 Å². The van der Waals surface area contributed by atoms with E-state index in [0.717, 1.165) is 0 Å². The zero-order valence-electron chi connectivity index (χ0n) is 6.98. The molecule has 0 aromatic rings. The van der Waals surface area contributed by atoms with Gasteiger partial charge in [-0.05, 0) is 0 Å². The molecule has 0 aliphatic rings. The first kappa shape index (κ1) is 11.9. The summed E-state index contributed by atoms with van der Waals surface area (Å²) in [5, 5.41) is 0. The van der Waals surface area contributed by atoms with Crippen molar-refractivity contribution >= 4 is 34.0 Å². The Bertz CT molecular complexity index is 138. The van der Waals surface area contributed by atoms with Crippen LogP contribution in [0.4, 0.5) is 0 Å². The normalized spacial score (nSPS) is 17.1. The Balaban J connectivity index is 4.41. The molecule has 0 nitrogen and oxygen atoms in total. The number of rotatable bonds is 4. The Kier molecular flexibility index (Phi) is 5.15. The number of hydrogen-bond donors (Lipinski definition) is 0. The minimum atomic E-state index is -2.93. The van der Waals surface area contributed by atoms with Gasteiger partial charge in [0.05, 0.1) is 0 Å². The molecular formula is C8H14Cl2Sn. The van der Waals surface area contributed by atoms with Crippen molar-refractivity contribution in [3.63, 3.8) is 0 Å². The summed E-state index contributed by atoms with van der Waals surface area (Å²) in [5.74, 6) is 0. The van der Waals surface area contributed by atoms with Gasteiger partial charge in [0.2, 0.25) is 0 Å². The third-order valence-electron chi connectivity index (χ3n) is 1.92. The van der Waals surface area contributed by atoms with Gasteiger partial charge >= 0.3 is 81.0 Å². The van der Waals surface area contributed by atoms with Gasteiger partial charge in [-0.25, -0.2) is 0 Å². The second kappa shape index (κ2) is 4.78. The zero-order valence-corrected chi connectivity index (χ0v) is 11.3. The van der Waals surface area contributed by atoms with E-state index in [1.54, 1.807) is 0 Å². The molecule has 0 amide bonds. The van der Waals surface area contributed by atoms with E-state index in [2.05, 4.69) is 13.2 Å². The van der Waals surface area contributed by atoms with Crippen LogP contribution in [0.2, 0.25) is 7.87 Å². The zero-order chi connectivity index (χ0) is 9.07. The van der Waals surface area contributed by atoms with Gasteiger partial charge in [-0.15, -0.1) is 0 Å². The molecule has 0 aromatic heterocycles. The molecule has 64 valence electrons. The summed E-state index contributed by atoms with van der Waals surface area (Å²) in [6, 6.07) is 0. The van der Waals surface area contributed by atoms with E-state index in [9.17, 15) is 0 Å². The van der Waals surface area contributed by atoms with Crippen LogP contribution in [0.15, 0.2) is 25.3 Å². The van der Waals surface area contributed by atoms with Crippen LogP contribution < -0.4 is 0 Å². The molecule has 0 saturated carbocycles. The Hall–Kier alpha value is 0.859. The summed E-state index contributed by atoms with van der Waals surface area (Å²) in [7, 11) is 12.5. The van der Waals surface area contributed by atoms with Crippen LogP contribution in [-0.2, 0) is 0 Å². The summed E-state index contributed by atoms with van der Waals surface area (Å²) in [5.41, 5.74) is 0. The van der Waals surface area contributed by atoms with Crippen molar-refractivity contribution in [2.24, 2.45) is 0 Å². The molecule has 0 rings (SSSR count). The first-order valence-corrected chi connectivity index (χ1v) is 14.1. The number of hydrogen-bond acceptors (Lipinski definition) is 0. The van der Waals surface area contributed by atoms with Gasteiger partial charge in [0.1, 0.15) is 0 Å². The van der Waals surface area contributed by atoms with Crippen LogP contribution in [0, 0.1) is 0 Å². The van der Waals surface area contributed by atoms with Crippen LogP contribution in [-0.4, -0.2) is 16.1 Å². The van der Waals surface area contributed by atoms with E-state index in [1.807, 2.05) is 26.0 Å². The Morgan fingerprint density at radius 1 is 1.09 bits per heavy atom. The maximum atomic E-state index is 6.27. The molecule has 0 radical (unpaired) electrons. The quantitative estimate of drug-likeness (QED) is 0.542. The molecule has 0 N–H and O–H groups in total. The van der Waals surface area contributed by atoms with Crippen molar-refractivity contribution in [2.75, 3.05) is 0 Å². The Morgan fingerprint density at radius 2 is 1.36 bits per heavy atom. The van der Waals surface area contributed by atoms with Gasteiger partial charge < -0.3 is 0 Å². The Morgan fingerprint density at radius 3 is 1.55 bits per heavy atom. The summed E-state index contributed by atoms with van der Waals surface area (Å²) in [6.07, 6.45) is 3.69. The van der Waals surface area contributed by atoms with E-state index >= 15 is 0 Å². The predicted molar refractivity (Wildman–Crippen MR) is 56.7 cm³/mol. The van der Waals surface area contributed by atoms with Gasteiger partial charge in [0.25, 0.3) is 0 Å². The van der Waals surface area contributed by atoms with Gasteiger partial charge in [0.15, 0.2) is 0 Å². The van der Waals surface area contributed by atoms with Crippen LogP contribution in [0.5, 0.6) is 0 Å². The standard InChI is InChI=1S/2C4H7.2ClH.Sn/c2*1-3-4-2;;;/h2*3-4H,1H2,2H3;2*1H;/q;;;;+2/p-2. The summed E-state index contributed by atoms with van der Waals surface area (Å²) in [4.78, 5) is 0. The number of halogens is 2. The molecule has 0 spiro atoms. The van der Waals surface area contributed by atoms with Crippen LogP contribution >= 0.6 is 17.8 Å². The van der Waals surface area contributed by atoms with Crippen LogP contribution in [0.1, 0.15) is 13.8 Å². The SMILES string of the molecule is C=C[CH](C)[Sn]([Cl])([Cl])[CH](C)C=C. The van der Waals surface area contributed by atoms with E-state index < -0.39 is 16.1 Å². The van der Waals surface area contributed by atoms with E-state index in [4.69, 9.17) is 17.8 Å². The number of allylic oxidation sites excluding steroid dienone is 2. The average Bonchev–Trinajstić information content (AvgIpc) is 2.01. The van der Waals surface area contributed by atoms with Crippen molar-refractivity contribution in [1.29, 1.82) is 0 Å². The summed E-state index contributed by atoms with van der Waals surface area (Å²) >= 11 is -2.93. The van der Waals surface area contributed by atoms with Crippen LogP contribution in [0.3, 0.4) is 0 Å². The monoisotopic (exact) mass is 300 g/mol. The minimum absolute atomic E-state index is 0.278. The molecule has 3 heteroatoms. The van der Waals surface area contributed by atoms with Gasteiger partial charge in [0, 0.05) is 0 Å². The molecule has 0 heterocycles. The molecule has 2 unspecified atom stereocenters. The fourth-order valence-electron chi connectivity index (χ4n) is 0.729. The molecular weight excluding hydrogens is 286 g/mol. The van der Waals surface area contributed by atoms with E-state index in [0.29, 0.717) is 0 Å². The first-order chi connectivity index (χ1) is 4.96. The van der Waals surface area contributed by atoms with Crippen molar-refractivity contribution in [2.45, 2.75) is 21.7 Å². The second-order valence-electron chi connectivity index (χ2n) is 2.72. The molecule has 0 saturated heterocycles. The maximum absolute atomic E-state index is 6.27. The van der Waals surface area contributed by atoms with E-state index in [-0.39, 0.29) is 7.87 Å². The van der Waals surface area contributed by atoms with Crippen molar-refractivity contribution in [1.82, 2.24) is 0 Å². The average molecular weight is 300 g/mol. The Labute approximate surface area is 80.6 Å². The van der Waals surface area contributed by atoms with Crippen LogP contribution in [0.25, 0.3) is 0 Å². The molecule has 0 aromatic carbocycles. The third-order valence-corrected chi connectivity index (χ3v) is 19.4. The molecule has 0 aliphatic carbocycles. The molecule has 2 atom stereocenters.